The highest BCUT2D eigenvalue weighted by Gasteiger charge is 2.39. The zero-order valence-corrected chi connectivity index (χ0v) is 10.7. The molecule has 0 amide bonds. The second kappa shape index (κ2) is 4.53. The van der Waals surface area contributed by atoms with Crippen molar-refractivity contribution in [2.45, 2.75) is 11.8 Å². The van der Waals surface area contributed by atoms with Crippen molar-refractivity contribution < 1.29 is 5.11 Å². The molecule has 0 saturated carbocycles. The number of hydrogen-bond donors (Lipinski definition) is 1. The van der Waals surface area contributed by atoms with Crippen molar-refractivity contribution in [1.82, 2.24) is 4.90 Å². The molecule has 1 unspecified atom stereocenters. The fourth-order valence-electron chi connectivity index (χ4n) is 2.43. The van der Waals surface area contributed by atoms with Gasteiger partial charge in [-0.2, -0.15) is 0 Å². The van der Waals surface area contributed by atoms with Gasteiger partial charge in [-0.15, -0.1) is 0 Å². The molecule has 0 aliphatic carbocycles. The van der Waals surface area contributed by atoms with Gasteiger partial charge < -0.3 is 10.0 Å². The van der Waals surface area contributed by atoms with E-state index in [1.54, 1.807) is 6.07 Å². The Morgan fingerprint density at radius 2 is 2.19 bits per heavy atom. The van der Waals surface area contributed by atoms with E-state index in [0.717, 1.165) is 25.1 Å². The van der Waals surface area contributed by atoms with Crippen molar-refractivity contribution in [3.63, 3.8) is 0 Å². The van der Waals surface area contributed by atoms with Crippen LogP contribution in [-0.2, 0) is 5.41 Å². The van der Waals surface area contributed by atoms with Gasteiger partial charge >= 0.3 is 0 Å². The Morgan fingerprint density at radius 3 is 2.69 bits per heavy atom. The summed E-state index contributed by atoms with van der Waals surface area (Å²) < 4.78 is 0. The van der Waals surface area contributed by atoms with E-state index in [-0.39, 0.29) is 12.0 Å². The van der Waals surface area contributed by atoms with Crippen LogP contribution in [0.4, 0.5) is 0 Å². The van der Waals surface area contributed by atoms with Gasteiger partial charge in [0.2, 0.25) is 0 Å². The predicted molar refractivity (Wildman–Crippen MR) is 67.3 cm³/mol. The molecule has 1 saturated heterocycles. The van der Waals surface area contributed by atoms with Gasteiger partial charge in [0.15, 0.2) is 0 Å². The van der Waals surface area contributed by atoms with Crippen LogP contribution in [0.3, 0.4) is 0 Å². The number of likely N-dealkylation sites (tertiary alicyclic amines) is 1. The smallest absolute Gasteiger partial charge is 0.0541 e. The van der Waals surface area contributed by atoms with E-state index in [4.69, 9.17) is 23.2 Å². The largest absolute Gasteiger partial charge is 0.395 e. The van der Waals surface area contributed by atoms with Crippen LogP contribution in [0, 0.1) is 0 Å². The van der Waals surface area contributed by atoms with Crippen molar-refractivity contribution in [3.8, 4) is 0 Å². The van der Waals surface area contributed by atoms with Crippen molar-refractivity contribution in [2.75, 3.05) is 26.7 Å². The lowest BCUT2D eigenvalue weighted by molar-refractivity contribution is 0.195. The molecule has 1 fully saturated rings. The van der Waals surface area contributed by atoms with Gasteiger partial charge in [0.25, 0.3) is 0 Å². The highest BCUT2D eigenvalue weighted by atomic mass is 35.5. The standard InChI is InChI=1S/C12H15Cl2NO/c1-15-5-4-12(7-15,8-16)10-3-2-9(13)6-11(10)14/h2-3,6,16H,4-5,7-8H2,1H3. The van der Waals surface area contributed by atoms with E-state index in [2.05, 4.69) is 11.9 Å². The van der Waals surface area contributed by atoms with Crippen LogP contribution in [0.25, 0.3) is 0 Å². The monoisotopic (exact) mass is 259 g/mol. The molecule has 0 radical (unpaired) electrons. The van der Waals surface area contributed by atoms with Crippen molar-refractivity contribution in [3.05, 3.63) is 33.8 Å². The Labute approximate surface area is 106 Å². The molecule has 16 heavy (non-hydrogen) atoms. The number of benzene rings is 1. The normalized spacial score (nSPS) is 26.2. The summed E-state index contributed by atoms with van der Waals surface area (Å²) in [5.74, 6) is 0. The third-order valence-corrected chi connectivity index (χ3v) is 3.90. The molecule has 1 aliphatic heterocycles. The van der Waals surface area contributed by atoms with Crippen LogP contribution in [0.15, 0.2) is 18.2 Å². The second-order valence-electron chi connectivity index (χ2n) is 4.55. The van der Waals surface area contributed by atoms with Crippen LogP contribution in [0.5, 0.6) is 0 Å². The molecule has 2 rings (SSSR count). The van der Waals surface area contributed by atoms with E-state index in [1.165, 1.54) is 0 Å². The van der Waals surface area contributed by atoms with Gasteiger partial charge in [0.1, 0.15) is 0 Å². The summed E-state index contributed by atoms with van der Waals surface area (Å²) in [6.45, 7) is 1.95. The maximum Gasteiger partial charge on any atom is 0.0541 e. The molecule has 2 nitrogen and oxygen atoms in total. The molecule has 4 heteroatoms. The fourth-order valence-corrected chi connectivity index (χ4v) is 3.04. The van der Waals surface area contributed by atoms with E-state index in [1.807, 2.05) is 12.1 Å². The maximum absolute atomic E-state index is 9.66. The van der Waals surface area contributed by atoms with Crippen LogP contribution in [-0.4, -0.2) is 36.8 Å². The van der Waals surface area contributed by atoms with Gasteiger partial charge in [-0.05, 0) is 37.7 Å². The molecule has 1 N–H and O–H groups in total. The first-order valence-corrected chi connectivity index (χ1v) is 6.08. The Balaban J connectivity index is 2.41. The van der Waals surface area contributed by atoms with Gasteiger partial charge in [-0.3, -0.25) is 0 Å². The molecule has 1 aromatic rings. The quantitative estimate of drug-likeness (QED) is 0.883. The lowest BCUT2D eigenvalue weighted by Crippen LogP contribution is -2.33. The third kappa shape index (κ3) is 2.07. The summed E-state index contributed by atoms with van der Waals surface area (Å²) in [5, 5.41) is 10.9. The van der Waals surface area contributed by atoms with Crippen LogP contribution < -0.4 is 0 Å². The van der Waals surface area contributed by atoms with Crippen molar-refractivity contribution in [1.29, 1.82) is 0 Å². The molecule has 0 aromatic heterocycles. The minimum atomic E-state index is -0.226. The lowest BCUT2D eigenvalue weighted by Gasteiger charge is -2.28. The summed E-state index contributed by atoms with van der Waals surface area (Å²) in [4.78, 5) is 2.21. The summed E-state index contributed by atoms with van der Waals surface area (Å²) in [5.41, 5.74) is 0.779. The van der Waals surface area contributed by atoms with E-state index in [0.29, 0.717) is 10.0 Å². The SMILES string of the molecule is CN1CCC(CO)(c2ccc(Cl)cc2Cl)C1. The zero-order valence-electron chi connectivity index (χ0n) is 9.21. The Bertz CT molecular complexity index is 397. The number of nitrogens with zero attached hydrogens (tertiary/aromatic N) is 1. The zero-order chi connectivity index (χ0) is 11.8. The molecule has 0 bridgehead atoms. The first-order chi connectivity index (χ1) is 7.57. The molecular weight excluding hydrogens is 245 g/mol. The Kier molecular flexibility index (Phi) is 3.45. The molecular formula is C12H15Cl2NO. The minimum absolute atomic E-state index is 0.124. The van der Waals surface area contributed by atoms with Gasteiger partial charge in [-0.25, -0.2) is 0 Å². The summed E-state index contributed by atoms with van der Waals surface area (Å²) >= 11 is 12.1. The van der Waals surface area contributed by atoms with Crippen LogP contribution in [0.2, 0.25) is 10.0 Å². The average molecular weight is 260 g/mol. The fraction of sp³-hybridized carbons (Fsp3) is 0.500. The molecule has 88 valence electrons. The Morgan fingerprint density at radius 1 is 1.44 bits per heavy atom. The molecule has 1 aliphatic rings. The van der Waals surface area contributed by atoms with E-state index < -0.39 is 0 Å². The highest BCUT2D eigenvalue weighted by Crippen LogP contribution is 2.38. The minimum Gasteiger partial charge on any atom is -0.395 e. The number of hydrogen-bond acceptors (Lipinski definition) is 2. The molecule has 1 aromatic carbocycles. The molecule has 1 heterocycles. The van der Waals surface area contributed by atoms with Crippen LogP contribution >= 0.6 is 23.2 Å². The third-order valence-electron chi connectivity index (χ3n) is 3.35. The first kappa shape index (κ1) is 12.2. The Hall–Kier alpha value is -0.280. The molecule has 1 atom stereocenters. The maximum atomic E-state index is 9.66. The van der Waals surface area contributed by atoms with Gasteiger partial charge in [-0.1, -0.05) is 29.3 Å². The van der Waals surface area contributed by atoms with Gasteiger partial charge in [0.05, 0.1) is 6.61 Å². The number of aliphatic hydroxyl groups is 1. The van der Waals surface area contributed by atoms with Crippen molar-refractivity contribution in [2.24, 2.45) is 0 Å². The lowest BCUT2D eigenvalue weighted by atomic mass is 9.80. The summed E-state index contributed by atoms with van der Waals surface area (Å²) in [6.07, 6.45) is 0.932. The van der Waals surface area contributed by atoms with E-state index in [9.17, 15) is 5.11 Å². The predicted octanol–water partition coefficient (Wildman–Crippen LogP) is 2.56. The van der Waals surface area contributed by atoms with Crippen molar-refractivity contribution >= 4 is 23.2 Å². The first-order valence-electron chi connectivity index (χ1n) is 5.32. The topological polar surface area (TPSA) is 23.5 Å². The number of rotatable bonds is 2. The summed E-state index contributed by atoms with van der Waals surface area (Å²) in [7, 11) is 2.06. The van der Waals surface area contributed by atoms with Crippen LogP contribution in [0.1, 0.15) is 12.0 Å². The highest BCUT2D eigenvalue weighted by molar-refractivity contribution is 6.35. The molecule has 0 spiro atoms. The van der Waals surface area contributed by atoms with E-state index >= 15 is 0 Å². The van der Waals surface area contributed by atoms with Gasteiger partial charge in [0, 0.05) is 22.0 Å². The summed E-state index contributed by atoms with van der Waals surface area (Å²) in [6, 6.07) is 5.51. The number of likely N-dealkylation sites (N-methyl/N-ethyl adjacent to an activating group) is 1. The average Bonchev–Trinajstić information content (AvgIpc) is 2.61. The number of halogens is 2. The number of aliphatic hydroxyl groups excluding tert-OH is 1. The second-order valence-corrected chi connectivity index (χ2v) is 5.39.